The number of hydrogen-bond donors (Lipinski definition) is 0. The highest BCUT2D eigenvalue weighted by atomic mass is 32.2. The summed E-state index contributed by atoms with van der Waals surface area (Å²) < 4.78 is 12.6. The molecule has 0 fully saturated rings. The molecule has 19 heavy (non-hydrogen) atoms. The van der Waals surface area contributed by atoms with E-state index in [2.05, 4.69) is 10.2 Å². The molecule has 0 saturated heterocycles. The molecule has 0 atom stereocenters. The Hall–Kier alpha value is -1.53. The number of nitrogens with zero attached hydrogens (tertiary/aromatic N) is 3. The summed E-state index contributed by atoms with van der Waals surface area (Å²) in [5, 5.41) is 9.35. The van der Waals surface area contributed by atoms with Crippen molar-refractivity contribution in [3.63, 3.8) is 0 Å². The SMILES string of the molecule is COCCn1c(SC)nnc1-c1ccccc1OC. The summed E-state index contributed by atoms with van der Waals surface area (Å²) in [6.45, 7) is 1.33. The van der Waals surface area contributed by atoms with Gasteiger partial charge in [-0.1, -0.05) is 23.9 Å². The molecule has 0 amide bonds. The van der Waals surface area contributed by atoms with Crippen LogP contribution in [0.2, 0.25) is 0 Å². The minimum absolute atomic E-state index is 0.619. The Morgan fingerprint density at radius 2 is 2.00 bits per heavy atom. The molecule has 0 aliphatic heterocycles. The highest BCUT2D eigenvalue weighted by molar-refractivity contribution is 7.98. The molecular weight excluding hydrogens is 262 g/mol. The minimum atomic E-state index is 0.619. The van der Waals surface area contributed by atoms with Crippen LogP contribution in [-0.4, -0.2) is 41.8 Å². The van der Waals surface area contributed by atoms with E-state index in [0.717, 1.165) is 22.3 Å². The first-order chi connectivity index (χ1) is 9.31. The van der Waals surface area contributed by atoms with E-state index in [9.17, 15) is 0 Å². The Morgan fingerprint density at radius 1 is 1.21 bits per heavy atom. The number of ether oxygens (including phenoxy) is 2. The van der Waals surface area contributed by atoms with E-state index < -0.39 is 0 Å². The fraction of sp³-hybridized carbons (Fsp3) is 0.385. The van der Waals surface area contributed by atoms with Gasteiger partial charge in [0.15, 0.2) is 11.0 Å². The Labute approximate surface area is 116 Å². The van der Waals surface area contributed by atoms with Gasteiger partial charge in [-0.2, -0.15) is 0 Å². The van der Waals surface area contributed by atoms with Crippen LogP contribution in [0.4, 0.5) is 0 Å². The van der Waals surface area contributed by atoms with Gasteiger partial charge in [0.1, 0.15) is 5.75 Å². The first-order valence-corrected chi connectivity index (χ1v) is 7.13. The molecule has 2 aromatic rings. The number of benzene rings is 1. The summed E-state index contributed by atoms with van der Waals surface area (Å²) in [4.78, 5) is 0. The summed E-state index contributed by atoms with van der Waals surface area (Å²) in [6, 6.07) is 7.80. The maximum absolute atomic E-state index is 5.38. The van der Waals surface area contributed by atoms with E-state index in [1.165, 1.54) is 0 Å². The molecule has 0 aliphatic carbocycles. The van der Waals surface area contributed by atoms with Crippen molar-refractivity contribution in [3.05, 3.63) is 24.3 Å². The van der Waals surface area contributed by atoms with Crippen LogP contribution >= 0.6 is 11.8 Å². The molecule has 2 rings (SSSR count). The maximum Gasteiger partial charge on any atom is 0.191 e. The van der Waals surface area contributed by atoms with E-state index in [1.807, 2.05) is 35.1 Å². The molecule has 0 radical (unpaired) electrons. The van der Waals surface area contributed by atoms with E-state index in [4.69, 9.17) is 9.47 Å². The zero-order valence-electron chi connectivity index (χ0n) is 11.3. The second-order valence-electron chi connectivity index (χ2n) is 3.86. The first kappa shape index (κ1) is 13.9. The Bertz CT molecular complexity index is 542. The van der Waals surface area contributed by atoms with E-state index in [-0.39, 0.29) is 0 Å². The molecular formula is C13H17N3O2S. The van der Waals surface area contributed by atoms with Crippen molar-refractivity contribution < 1.29 is 9.47 Å². The number of methoxy groups -OCH3 is 2. The van der Waals surface area contributed by atoms with Crippen LogP contribution in [0.3, 0.4) is 0 Å². The molecule has 1 aromatic carbocycles. The average Bonchev–Trinajstić information content (AvgIpc) is 2.87. The van der Waals surface area contributed by atoms with Gasteiger partial charge in [-0.25, -0.2) is 0 Å². The van der Waals surface area contributed by atoms with Crippen molar-refractivity contribution in [3.8, 4) is 17.1 Å². The Kier molecular flexibility index (Phi) is 4.81. The predicted molar refractivity (Wildman–Crippen MR) is 75.7 cm³/mol. The molecule has 0 N–H and O–H groups in total. The Morgan fingerprint density at radius 3 is 2.68 bits per heavy atom. The number of para-hydroxylation sites is 1. The van der Waals surface area contributed by atoms with Crippen LogP contribution in [0.25, 0.3) is 11.4 Å². The van der Waals surface area contributed by atoms with Gasteiger partial charge in [-0.3, -0.25) is 4.57 Å². The minimum Gasteiger partial charge on any atom is -0.496 e. The summed E-state index contributed by atoms with van der Waals surface area (Å²) >= 11 is 1.57. The van der Waals surface area contributed by atoms with Crippen LogP contribution in [-0.2, 0) is 11.3 Å². The van der Waals surface area contributed by atoms with Crippen molar-refractivity contribution in [1.82, 2.24) is 14.8 Å². The highest BCUT2D eigenvalue weighted by Crippen LogP contribution is 2.30. The normalized spacial score (nSPS) is 10.7. The molecule has 0 spiro atoms. The molecule has 1 aromatic heterocycles. The summed E-state index contributed by atoms with van der Waals surface area (Å²) in [5.41, 5.74) is 0.939. The van der Waals surface area contributed by atoms with E-state index in [1.54, 1.807) is 26.0 Å². The van der Waals surface area contributed by atoms with Gasteiger partial charge < -0.3 is 9.47 Å². The summed E-state index contributed by atoms with van der Waals surface area (Å²) in [7, 11) is 3.34. The molecule has 5 nitrogen and oxygen atoms in total. The van der Waals surface area contributed by atoms with Gasteiger partial charge in [-0.15, -0.1) is 10.2 Å². The van der Waals surface area contributed by atoms with Gasteiger partial charge in [-0.05, 0) is 18.4 Å². The van der Waals surface area contributed by atoms with Crippen LogP contribution in [0.15, 0.2) is 29.4 Å². The van der Waals surface area contributed by atoms with Gasteiger partial charge in [0, 0.05) is 7.11 Å². The van der Waals surface area contributed by atoms with Gasteiger partial charge >= 0.3 is 0 Å². The Balaban J connectivity index is 2.46. The van der Waals surface area contributed by atoms with Gasteiger partial charge in [0.25, 0.3) is 0 Å². The summed E-state index contributed by atoms with van der Waals surface area (Å²) in [5.74, 6) is 1.60. The van der Waals surface area contributed by atoms with Gasteiger partial charge in [0.05, 0.1) is 25.8 Å². The van der Waals surface area contributed by atoms with Crippen LogP contribution in [0, 0.1) is 0 Å². The largest absolute Gasteiger partial charge is 0.496 e. The van der Waals surface area contributed by atoms with Crippen molar-refractivity contribution in [2.45, 2.75) is 11.7 Å². The standard InChI is InChI=1S/C13H17N3O2S/c1-17-9-8-16-12(14-15-13(16)19-3)10-6-4-5-7-11(10)18-2/h4-7H,8-9H2,1-3H3. The maximum atomic E-state index is 5.38. The van der Waals surface area contributed by atoms with Crippen LogP contribution in [0.5, 0.6) is 5.75 Å². The van der Waals surface area contributed by atoms with Crippen molar-refractivity contribution in [1.29, 1.82) is 0 Å². The highest BCUT2D eigenvalue weighted by Gasteiger charge is 2.16. The van der Waals surface area contributed by atoms with Crippen LogP contribution in [0.1, 0.15) is 0 Å². The first-order valence-electron chi connectivity index (χ1n) is 5.91. The lowest BCUT2D eigenvalue weighted by Gasteiger charge is -2.11. The smallest absolute Gasteiger partial charge is 0.191 e. The third-order valence-electron chi connectivity index (χ3n) is 2.77. The average molecular weight is 279 g/mol. The lowest BCUT2D eigenvalue weighted by atomic mass is 10.2. The molecule has 0 saturated carbocycles. The summed E-state index contributed by atoms with van der Waals surface area (Å²) in [6.07, 6.45) is 1.99. The number of rotatable bonds is 6. The zero-order chi connectivity index (χ0) is 13.7. The third-order valence-corrected chi connectivity index (χ3v) is 3.43. The number of thioether (sulfide) groups is 1. The number of hydrogen-bond acceptors (Lipinski definition) is 5. The second kappa shape index (κ2) is 6.58. The quantitative estimate of drug-likeness (QED) is 0.760. The fourth-order valence-corrected chi connectivity index (χ4v) is 2.37. The molecule has 0 aliphatic rings. The zero-order valence-corrected chi connectivity index (χ0v) is 12.1. The molecule has 0 bridgehead atoms. The molecule has 6 heteroatoms. The van der Waals surface area contributed by atoms with Crippen molar-refractivity contribution >= 4 is 11.8 Å². The lowest BCUT2D eigenvalue weighted by Crippen LogP contribution is -2.07. The number of aromatic nitrogens is 3. The molecule has 102 valence electrons. The second-order valence-corrected chi connectivity index (χ2v) is 4.63. The van der Waals surface area contributed by atoms with Crippen molar-refractivity contribution in [2.24, 2.45) is 0 Å². The topological polar surface area (TPSA) is 49.2 Å². The van der Waals surface area contributed by atoms with E-state index in [0.29, 0.717) is 13.2 Å². The third kappa shape index (κ3) is 2.90. The monoisotopic (exact) mass is 279 g/mol. The fourth-order valence-electron chi connectivity index (χ4n) is 1.85. The predicted octanol–water partition coefficient (Wildman–Crippen LogP) is 2.32. The molecule has 0 unspecified atom stereocenters. The van der Waals surface area contributed by atoms with E-state index >= 15 is 0 Å². The van der Waals surface area contributed by atoms with Crippen molar-refractivity contribution in [2.75, 3.05) is 27.1 Å². The van der Waals surface area contributed by atoms with Gasteiger partial charge in [0.2, 0.25) is 0 Å². The molecule has 1 heterocycles. The van der Waals surface area contributed by atoms with Crippen LogP contribution < -0.4 is 4.74 Å². The lowest BCUT2D eigenvalue weighted by molar-refractivity contribution is 0.185.